The average molecular weight is 438 g/mol. The third kappa shape index (κ3) is 5.84. The first-order valence-electron chi connectivity index (χ1n) is 11.3. The Balaban J connectivity index is 1.41. The van der Waals surface area contributed by atoms with Gasteiger partial charge in [-0.2, -0.15) is 0 Å². The van der Waals surface area contributed by atoms with Crippen LogP contribution in [0.3, 0.4) is 0 Å². The number of carbonyl (C=O) groups excluding carboxylic acids is 1. The Kier molecular flexibility index (Phi) is 7.32. The van der Waals surface area contributed by atoms with Crippen LogP contribution < -0.4 is 25.4 Å². The average Bonchev–Trinajstić information content (AvgIpc) is 3.24. The molecule has 1 fully saturated rings. The molecule has 2 amide bonds. The number of aliphatic imine (C=N–C) groups is 1. The largest absolute Gasteiger partial charge is 0.490 e. The van der Waals surface area contributed by atoms with Gasteiger partial charge in [-0.1, -0.05) is 12.1 Å². The number of nitrogens with zero attached hydrogens (tertiary/aromatic N) is 2. The number of fused-ring (bicyclic) bond motifs is 1. The highest BCUT2D eigenvalue weighted by Gasteiger charge is 2.17. The Morgan fingerprint density at radius 1 is 0.969 bits per heavy atom. The number of nitrogens with one attached hydrogen (secondary N) is 3. The summed E-state index contributed by atoms with van der Waals surface area (Å²) < 4.78 is 11.5. The van der Waals surface area contributed by atoms with Gasteiger partial charge in [0.05, 0.1) is 19.8 Å². The highest BCUT2D eigenvalue weighted by Crippen LogP contribution is 2.32. The molecule has 0 spiro atoms. The SMILES string of the molecule is CCNC(=NCc1cccc(NC(=O)N2CCCC2)c1)Nc1ccc2c(c1)OCCCO2. The molecule has 0 aliphatic carbocycles. The molecule has 2 heterocycles. The summed E-state index contributed by atoms with van der Waals surface area (Å²) >= 11 is 0. The predicted molar refractivity (Wildman–Crippen MR) is 127 cm³/mol. The van der Waals surface area contributed by atoms with Crippen molar-refractivity contribution in [2.75, 3.05) is 43.5 Å². The van der Waals surface area contributed by atoms with Gasteiger partial charge in [-0.05, 0) is 49.6 Å². The van der Waals surface area contributed by atoms with E-state index in [1.54, 1.807) is 0 Å². The molecule has 0 saturated carbocycles. The number of urea groups is 1. The lowest BCUT2D eigenvalue weighted by molar-refractivity contribution is 0.222. The zero-order chi connectivity index (χ0) is 22.2. The normalized spacial score (nSPS) is 15.8. The van der Waals surface area contributed by atoms with Crippen LogP contribution in [0.2, 0.25) is 0 Å². The fourth-order valence-corrected chi connectivity index (χ4v) is 3.73. The van der Waals surface area contributed by atoms with Crippen molar-refractivity contribution in [1.29, 1.82) is 0 Å². The van der Waals surface area contributed by atoms with Gasteiger partial charge in [-0.15, -0.1) is 0 Å². The first-order valence-corrected chi connectivity index (χ1v) is 11.3. The van der Waals surface area contributed by atoms with Crippen molar-refractivity contribution in [2.24, 2.45) is 4.99 Å². The van der Waals surface area contributed by atoms with E-state index >= 15 is 0 Å². The number of anilines is 2. The van der Waals surface area contributed by atoms with E-state index in [4.69, 9.17) is 14.5 Å². The van der Waals surface area contributed by atoms with Gasteiger partial charge in [-0.3, -0.25) is 0 Å². The Morgan fingerprint density at radius 2 is 1.75 bits per heavy atom. The molecular formula is C24H31N5O3. The molecule has 32 heavy (non-hydrogen) atoms. The second kappa shape index (κ2) is 10.7. The molecule has 0 bridgehead atoms. The molecular weight excluding hydrogens is 406 g/mol. The minimum Gasteiger partial charge on any atom is -0.490 e. The predicted octanol–water partition coefficient (Wildman–Crippen LogP) is 4.05. The van der Waals surface area contributed by atoms with Crippen LogP contribution in [0.4, 0.5) is 16.2 Å². The summed E-state index contributed by atoms with van der Waals surface area (Å²) in [5, 5.41) is 9.59. The maximum atomic E-state index is 12.4. The van der Waals surface area contributed by atoms with E-state index in [1.807, 2.05) is 54.3 Å². The van der Waals surface area contributed by atoms with Crippen molar-refractivity contribution in [3.05, 3.63) is 48.0 Å². The summed E-state index contributed by atoms with van der Waals surface area (Å²) in [7, 11) is 0. The minimum atomic E-state index is -0.0347. The van der Waals surface area contributed by atoms with E-state index in [-0.39, 0.29) is 6.03 Å². The Bertz CT molecular complexity index is 956. The van der Waals surface area contributed by atoms with Crippen molar-refractivity contribution < 1.29 is 14.3 Å². The first-order chi connectivity index (χ1) is 15.7. The van der Waals surface area contributed by atoms with Crippen LogP contribution in [0, 0.1) is 0 Å². The van der Waals surface area contributed by atoms with Crippen molar-refractivity contribution in [2.45, 2.75) is 32.7 Å². The van der Waals surface area contributed by atoms with Crippen LogP contribution in [-0.2, 0) is 6.54 Å². The summed E-state index contributed by atoms with van der Waals surface area (Å²) in [5.41, 5.74) is 2.68. The molecule has 170 valence electrons. The molecule has 0 unspecified atom stereocenters. The number of rotatable bonds is 5. The lowest BCUT2D eigenvalue weighted by atomic mass is 10.2. The molecule has 1 saturated heterocycles. The number of benzene rings is 2. The van der Waals surface area contributed by atoms with Crippen molar-refractivity contribution in [1.82, 2.24) is 10.2 Å². The van der Waals surface area contributed by atoms with Crippen LogP contribution in [0.5, 0.6) is 11.5 Å². The molecule has 4 rings (SSSR count). The molecule has 0 aromatic heterocycles. The van der Waals surface area contributed by atoms with Gasteiger partial charge in [0.2, 0.25) is 0 Å². The van der Waals surface area contributed by atoms with E-state index in [1.165, 1.54) is 0 Å². The van der Waals surface area contributed by atoms with Gasteiger partial charge in [0.1, 0.15) is 0 Å². The highest BCUT2D eigenvalue weighted by atomic mass is 16.5. The standard InChI is InChI=1S/C24H31N5O3/c1-2-25-23(27-20-9-10-21-22(16-20)32-14-6-13-31-21)26-17-18-7-5-8-19(15-18)28-24(30)29-11-3-4-12-29/h5,7-10,15-16H,2-4,6,11-14,17H2,1H3,(H,28,30)(H2,25,26,27). The smallest absolute Gasteiger partial charge is 0.321 e. The van der Waals surface area contributed by atoms with Gasteiger partial charge in [-0.25, -0.2) is 9.79 Å². The van der Waals surface area contributed by atoms with Gasteiger partial charge in [0, 0.05) is 43.5 Å². The number of likely N-dealkylation sites (tertiary alicyclic amines) is 1. The van der Waals surface area contributed by atoms with Crippen LogP contribution >= 0.6 is 0 Å². The fourth-order valence-electron chi connectivity index (χ4n) is 3.73. The number of hydrogen-bond acceptors (Lipinski definition) is 4. The zero-order valence-electron chi connectivity index (χ0n) is 18.5. The van der Waals surface area contributed by atoms with Gasteiger partial charge < -0.3 is 30.3 Å². The third-order valence-electron chi connectivity index (χ3n) is 5.35. The lowest BCUT2D eigenvalue weighted by Gasteiger charge is -2.16. The molecule has 2 aliphatic rings. The van der Waals surface area contributed by atoms with Crippen molar-refractivity contribution >= 4 is 23.4 Å². The van der Waals surface area contributed by atoms with Crippen molar-refractivity contribution in [3.8, 4) is 11.5 Å². The second-order valence-electron chi connectivity index (χ2n) is 7.86. The Labute approximate surface area is 189 Å². The molecule has 2 aromatic carbocycles. The minimum absolute atomic E-state index is 0.0347. The second-order valence-corrected chi connectivity index (χ2v) is 7.86. The fraction of sp³-hybridized carbons (Fsp3) is 0.417. The zero-order valence-corrected chi connectivity index (χ0v) is 18.5. The van der Waals surface area contributed by atoms with Crippen LogP contribution in [-0.4, -0.2) is 49.7 Å². The van der Waals surface area contributed by atoms with Crippen molar-refractivity contribution in [3.63, 3.8) is 0 Å². The monoisotopic (exact) mass is 437 g/mol. The Morgan fingerprint density at radius 3 is 2.56 bits per heavy atom. The van der Waals surface area contributed by atoms with Crippen LogP contribution in [0.1, 0.15) is 31.7 Å². The first kappa shape index (κ1) is 21.8. The van der Waals surface area contributed by atoms with E-state index in [0.29, 0.717) is 25.7 Å². The molecule has 2 aromatic rings. The summed E-state index contributed by atoms with van der Waals surface area (Å²) in [5.74, 6) is 2.18. The number of guanidine groups is 1. The van der Waals surface area contributed by atoms with E-state index in [0.717, 1.165) is 67.3 Å². The molecule has 2 aliphatic heterocycles. The maximum Gasteiger partial charge on any atom is 0.321 e. The quantitative estimate of drug-likeness (QED) is 0.485. The number of amides is 2. The topological polar surface area (TPSA) is 87.2 Å². The molecule has 0 atom stereocenters. The summed E-state index contributed by atoms with van der Waals surface area (Å²) in [4.78, 5) is 18.9. The number of ether oxygens (including phenoxy) is 2. The van der Waals surface area contributed by atoms with Gasteiger partial charge >= 0.3 is 6.03 Å². The van der Waals surface area contributed by atoms with Crippen LogP contribution in [0.15, 0.2) is 47.5 Å². The third-order valence-corrected chi connectivity index (χ3v) is 5.35. The van der Waals surface area contributed by atoms with E-state index < -0.39 is 0 Å². The van der Waals surface area contributed by atoms with Crippen LogP contribution in [0.25, 0.3) is 0 Å². The molecule has 3 N–H and O–H groups in total. The number of carbonyl (C=O) groups is 1. The van der Waals surface area contributed by atoms with Gasteiger partial charge in [0.15, 0.2) is 17.5 Å². The maximum absolute atomic E-state index is 12.4. The van der Waals surface area contributed by atoms with Gasteiger partial charge in [0.25, 0.3) is 0 Å². The van der Waals surface area contributed by atoms with E-state index in [2.05, 4.69) is 16.0 Å². The highest BCUT2D eigenvalue weighted by molar-refractivity contribution is 5.94. The van der Waals surface area contributed by atoms with E-state index in [9.17, 15) is 4.79 Å². The lowest BCUT2D eigenvalue weighted by Crippen LogP contribution is -2.32. The molecule has 8 heteroatoms. The summed E-state index contributed by atoms with van der Waals surface area (Å²) in [6, 6.07) is 13.6. The molecule has 0 radical (unpaired) electrons. The summed E-state index contributed by atoms with van der Waals surface area (Å²) in [6.45, 7) is 6.22. The Hall–Kier alpha value is -3.42. The number of hydrogen-bond donors (Lipinski definition) is 3. The summed E-state index contributed by atoms with van der Waals surface area (Å²) in [6.07, 6.45) is 3.02. The molecule has 8 nitrogen and oxygen atoms in total.